The van der Waals surface area contributed by atoms with E-state index in [-0.39, 0.29) is 5.91 Å². The van der Waals surface area contributed by atoms with Crippen LogP contribution in [0.15, 0.2) is 24.3 Å². The fourth-order valence-electron chi connectivity index (χ4n) is 2.06. The summed E-state index contributed by atoms with van der Waals surface area (Å²) in [6, 6.07) is 7.85. The fraction of sp³-hybridized carbons (Fsp3) is 0.462. The Morgan fingerprint density at radius 1 is 1.20 bits per heavy atom. The number of hydrogen-bond donors (Lipinski definition) is 0. The van der Waals surface area contributed by atoms with Crippen LogP contribution in [0.3, 0.4) is 0 Å². The zero-order valence-corrected chi connectivity index (χ0v) is 9.20. The molecule has 0 radical (unpaired) electrons. The summed E-state index contributed by atoms with van der Waals surface area (Å²) < 4.78 is 0. The van der Waals surface area contributed by atoms with E-state index in [1.165, 1.54) is 6.42 Å². The van der Waals surface area contributed by atoms with Gasteiger partial charge in [-0.1, -0.05) is 17.7 Å². The van der Waals surface area contributed by atoms with Gasteiger partial charge in [-0.25, -0.2) is 0 Å². The molecule has 1 amide bonds. The molecule has 1 aliphatic heterocycles. The number of nitrogens with zero attached hydrogens (tertiary/aromatic N) is 1. The summed E-state index contributed by atoms with van der Waals surface area (Å²) in [4.78, 5) is 14.0. The van der Waals surface area contributed by atoms with Crippen LogP contribution >= 0.6 is 0 Å². The van der Waals surface area contributed by atoms with Crippen molar-refractivity contribution in [1.29, 1.82) is 0 Å². The number of aryl methyl sites for hydroxylation is 1. The summed E-state index contributed by atoms with van der Waals surface area (Å²) in [5, 5.41) is 0. The molecule has 0 atom stereocenters. The zero-order valence-electron chi connectivity index (χ0n) is 9.20. The summed E-state index contributed by atoms with van der Waals surface area (Å²) in [7, 11) is 0. The Labute approximate surface area is 90.9 Å². The van der Waals surface area contributed by atoms with Crippen molar-refractivity contribution in [1.82, 2.24) is 4.90 Å². The minimum absolute atomic E-state index is 0.193. The Hall–Kier alpha value is -1.31. The number of hydrogen-bond acceptors (Lipinski definition) is 1. The van der Waals surface area contributed by atoms with Gasteiger partial charge in [-0.2, -0.15) is 0 Å². The van der Waals surface area contributed by atoms with E-state index in [4.69, 9.17) is 0 Å². The molecule has 0 N–H and O–H groups in total. The number of likely N-dealkylation sites (tertiary alicyclic amines) is 1. The van der Waals surface area contributed by atoms with E-state index in [2.05, 4.69) is 0 Å². The Morgan fingerprint density at radius 3 is 2.60 bits per heavy atom. The van der Waals surface area contributed by atoms with Gasteiger partial charge in [0.2, 0.25) is 0 Å². The summed E-state index contributed by atoms with van der Waals surface area (Å²) in [6.07, 6.45) is 3.56. The van der Waals surface area contributed by atoms with E-state index in [0.717, 1.165) is 37.1 Å². The lowest BCUT2D eigenvalue weighted by Gasteiger charge is -2.26. The lowest BCUT2D eigenvalue weighted by Crippen LogP contribution is -2.35. The Kier molecular flexibility index (Phi) is 3.05. The highest BCUT2D eigenvalue weighted by molar-refractivity contribution is 5.94. The molecule has 0 bridgehead atoms. The monoisotopic (exact) mass is 203 g/mol. The van der Waals surface area contributed by atoms with Gasteiger partial charge in [-0.05, 0) is 38.3 Å². The maximum atomic E-state index is 12.1. The molecule has 1 saturated heterocycles. The Balaban J connectivity index is 2.12. The molecule has 1 fully saturated rings. The van der Waals surface area contributed by atoms with E-state index >= 15 is 0 Å². The summed E-state index contributed by atoms with van der Waals surface area (Å²) in [5.74, 6) is 0.193. The van der Waals surface area contributed by atoms with Crippen molar-refractivity contribution in [3.63, 3.8) is 0 Å². The van der Waals surface area contributed by atoms with Gasteiger partial charge in [-0.15, -0.1) is 0 Å². The van der Waals surface area contributed by atoms with Crippen molar-refractivity contribution in [2.45, 2.75) is 26.2 Å². The van der Waals surface area contributed by atoms with E-state index in [1.54, 1.807) is 0 Å². The van der Waals surface area contributed by atoms with Crippen LogP contribution in [0.5, 0.6) is 0 Å². The third-order valence-electron chi connectivity index (χ3n) is 2.91. The lowest BCUT2D eigenvalue weighted by atomic mass is 10.1. The number of carbonyl (C=O) groups excluding carboxylic acids is 1. The van der Waals surface area contributed by atoms with E-state index in [0.29, 0.717) is 0 Å². The minimum atomic E-state index is 0.193. The molecule has 1 aromatic carbocycles. The third-order valence-corrected chi connectivity index (χ3v) is 2.91. The maximum Gasteiger partial charge on any atom is 0.253 e. The first-order chi connectivity index (χ1) is 7.27. The van der Waals surface area contributed by atoms with Crippen LogP contribution in [-0.2, 0) is 0 Å². The predicted octanol–water partition coefficient (Wildman–Crippen LogP) is 2.62. The predicted molar refractivity (Wildman–Crippen MR) is 60.9 cm³/mol. The van der Waals surface area contributed by atoms with E-state index in [1.807, 2.05) is 36.1 Å². The molecular formula is C13H17NO. The van der Waals surface area contributed by atoms with Gasteiger partial charge in [0.05, 0.1) is 0 Å². The summed E-state index contributed by atoms with van der Waals surface area (Å²) in [6.45, 7) is 3.87. The van der Waals surface area contributed by atoms with Gasteiger partial charge in [0.15, 0.2) is 0 Å². The van der Waals surface area contributed by atoms with Crippen LogP contribution in [0.2, 0.25) is 0 Å². The highest BCUT2D eigenvalue weighted by atomic mass is 16.2. The SMILES string of the molecule is Cc1cccc(C(=O)N2CCCCC2)c1. The second-order valence-electron chi connectivity index (χ2n) is 4.22. The molecule has 0 aromatic heterocycles. The molecule has 1 aromatic rings. The van der Waals surface area contributed by atoms with Crippen LogP contribution in [0.4, 0.5) is 0 Å². The largest absolute Gasteiger partial charge is 0.339 e. The van der Waals surface area contributed by atoms with Crippen molar-refractivity contribution in [3.05, 3.63) is 35.4 Å². The van der Waals surface area contributed by atoms with Crippen LogP contribution in [-0.4, -0.2) is 23.9 Å². The first kappa shape index (κ1) is 10.2. The van der Waals surface area contributed by atoms with Crippen molar-refractivity contribution in [2.75, 3.05) is 13.1 Å². The van der Waals surface area contributed by atoms with Gasteiger partial charge < -0.3 is 4.90 Å². The van der Waals surface area contributed by atoms with Gasteiger partial charge in [-0.3, -0.25) is 4.79 Å². The van der Waals surface area contributed by atoms with Crippen LogP contribution < -0.4 is 0 Å². The first-order valence-corrected chi connectivity index (χ1v) is 5.63. The maximum absolute atomic E-state index is 12.1. The molecule has 0 spiro atoms. The second kappa shape index (κ2) is 4.47. The topological polar surface area (TPSA) is 20.3 Å². The molecule has 80 valence electrons. The van der Waals surface area contributed by atoms with Crippen molar-refractivity contribution in [3.8, 4) is 0 Å². The molecule has 2 rings (SSSR count). The van der Waals surface area contributed by atoms with Crippen molar-refractivity contribution < 1.29 is 4.79 Å². The van der Waals surface area contributed by atoms with E-state index < -0.39 is 0 Å². The van der Waals surface area contributed by atoms with Gasteiger partial charge >= 0.3 is 0 Å². The zero-order chi connectivity index (χ0) is 10.7. The Bertz CT molecular complexity index is 353. The van der Waals surface area contributed by atoms with Crippen LogP contribution in [0, 0.1) is 6.92 Å². The molecule has 15 heavy (non-hydrogen) atoms. The molecular weight excluding hydrogens is 186 g/mol. The number of rotatable bonds is 1. The number of amides is 1. The summed E-state index contributed by atoms with van der Waals surface area (Å²) in [5.41, 5.74) is 1.98. The number of benzene rings is 1. The van der Waals surface area contributed by atoms with E-state index in [9.17, 15) is 4.79 Å². The normalized spacial score (nSPS) is 16.5. The van der Waals surface area contributed by atoms with Crippen LogP contribution in [0.25, 0.3) is 0 Å². The highest BCUT2D eigenvalue weighted by Gasteiger charge is 2.17. The average Bonchev–Trinajstić information content (AvgIpc) is 2.29. The van der Waals surface area contributed by atoms with Crippen molar-refractivity contribution in [2.24, 2.45) is 0 Å². The standard InChI is InChI=1S/C13H17NO/c1-11-6-5-7-12(10-11)13(15)14-8-3-2-4-9-14/h5-7,10H,2-4,8-9H2,1H3. The average molecular weight is 203 g/mol. The summed E-state index contributed by atoms with van der Waals surface area (Å²) >= 11 is 0. The highest BCUT2D eigenvalue weighted by Crippen LogP contribution is 2.13. The molecule has 2 heteroatoms. The van der Waals surface area contributed by atoms with Gasteiger partial charge in [0.25, 0.3) is 5.91 Å². The lowest BCUT2D eigenvalue weighted by molar-refractivity contribution is 0.0724. The third kappa shape index (κ3) is 2.38. The van der Waals surface area contributed by atoms with Gasteiger partial charge in [0.1, 0.15) is 0 Å². The first-order valence-electron chi connectivity index (χ1n) is 5.63. The molecule has 1 heterocycles. The molecule has 0 unspecified atom stereocenters. The smallest absolute Gasteiger partial charge is 0.253 e. The number of piperidine rings is 1. The van der Waals surface area contributed by atoms with Crippen molar-refractivity contribution >= 4 is 5.91 Å². The Morgan fingerprint density at radius 2 is 1.93 bits per heavy atom. The minimum Gasteiger partial charge on any atom is -0.339 e. The molecule has 2 nitrogen and oxygen atoms in total. The fourth-order valence-corrected chi connectivity index (χ4v) is 2.06. The van der Waals surface area contributed by atoms with Gasteiger partial charge in [0, 0.05) is 18.7 Å². The number of carbonyl (C=O) groups is 1. The molecule has 0 saturated carbocycles. The quantitative estimate of drug-likeness (QED) is 0.687. The molecule has 1 aliphatic rings. The molecule has 0 aliphatic carbocycles. The van der Waals surface area contributed by atoms with Crippen LogP contribution in [0.1, 0.15) is 35.2 Å². The second-order valence-corrected chi connectivity index (χ2v) is 4.22.